The molecule has 280 valence electrons. The Morgan fingerprint density at radius 1 is 0.904 bits per heavy atom. The van der Waals surface area contributed by atoms with Crippen LogP contribution in [-0.2, 0) is 32.0 Å². The van der Waals surface area contributed by atoms with E-state index in [4.69, 9.17) is 9.47 Å². The fraction of sp³-hybridized carbons (Fsp3) is 0.462. The highest BCUT2D eigenvalue weighted by Gasteiger charge is 2.53. The van der Waals surface area contributed by atoms with Crippen molar-refractivity contribution in [2.24, 2.45) is 17.3 Å². The lowest BCUT2D eigenvalue weighted by atomic mass is 9.58. The molecule has 1 saturated carbocycles. The van der Waals surface area contributed by atoms with E-state index >= 15 is 0 Å². The zero-order valence-electron chi connectivity index (χ0n) is 30.8. The highest BCUT2D eigenvalue weighted by Crippen LogP contribution is 2.46. The quantitative estimate of drug-likeness (QED) is 0.136. The Labute approximate surface area is 305 Å². The van der Waals surface area contributed by atoms with Crippen molar-refractivity contribution in [2.45, 2.75) is 77.7 Å². The number of aliphatic hydroxyl groups excluding tert-OH is 1. The van der Waals surface area contributed by atoms with Gasteiger partial charge in [0.25, 0.3) is 5.91 Å². The molecular weight excluding hydrogens is 664 g/mol. The van der Waals surface area contributed by atoms with Crippen LogP contribution in [0, 0.1) is 17.3 Å². The van der Waals surface area contributed by atoms with E-state index in [1.54, 1.807) is 11.2 Å². The maximum atomic E-state index is 13.8. The van der Waals surface area contributed by atoms with Gasteiger partial charge in [0, 0.05) is 36.8 Å². The van der Waals surface area contributed by atoms with E-state index < -0.39 is 47.6 Å². The van der Waals surface area contributed by atoms with Gasteiger partial charge in [-0.05, 0) is 53.9 Å². The first-order valence-corrected chi connectivity index (χ1v) is 17.6. The van der Waals surface area contributed by atoms with Gasteiger partial charge >= 0.3 is 12.2 Å². The minimum absolute atomic E-state index is 0.0568. The smallest absolute Gasteiger partial charge is 0.407 e. The fourth-order valence-electron chi connectivity index (χ4n) is 6.43. The second-order valence-electron chi connectivity index (χ2n) is 14.3. The lowest BCUT2D eigenvalue weighted by molar-refractivity contribution is -0.139. The van der Waals surface area contributed by atoms with Crippen LogP contribution in [0.2, 0.25) is 0 Å². The van der Waals surface area contributed by atoms with Gasteiger partial charge in [-0.25, -0.2) is 14.6 Å². The maximum absolute atomic E-state index is 13.8. The molecule has 1 aromatic heterocycles. The number of benzene rings is 2. The average Bonchev–Trinajstić information content (AvgIpc) is 3.13. The molecule has 0 bridgehead atoms. The molecule has 1 aliphatic rings. The molecule has 5 N–H and O–H groups in total. The summed E-state index contributed by atoms with van der Waals surface area (Å²) in [6.45, 7) is 7.86. The third-order valence-electron chi connectivity index (χ3n) is 9.62. The summed E-state index contributed by atoms with van der Waals surface area (Å²) in [5.74, 6) is -1.06. The Bertz CT molecular complexity index is 1620. The molecule has 3 aromatic rings. The van der Waals surface area contributed by atoms with Gasteiger partial charge in [0.05, 0.1) is 32.1 Å². The topological polar surface area (TPSA) is 171 Å². The van der Waals surface area contributed by atoms with E-state index in [0.29, 0.717) is 19.3 Å². The highest BCUT2D eigenvalue weighted by molar-refractivity contribution is 5.85. The normalized spacial score (nSPS) is 17.9. The number of carbonyl (C=O) groups is 4. The van der Waals surface area contributed by atoms with Gasteiger partial charge in [-0.1, -0.05) is 88.4 Å². The van der Waals surface area contributed by atoms with Gasteiger partial charge in [-0.3, -0.25) is 20.0 Å². The van der Waals surface area contributed by atoms with Gasteiger partial charge in [-0.15, -0.1) is 0 Å². The number of ether oxygens (including phenoxy) is 2. The summed E-state index contributed by atoms with van der Waals surface area (Å²) in [5, 5.41) is 22.0. The minimum Gasteiger partial charge on any atom is -0.453 e. The number of nitrogens with zero attached hydrogens (tertiary/aromatic N) is 2. The Balaban J connectivity index is 1.57. The summed E-state index contributed by atoms with van der Waals surface area (Å²) in [4.78, 5) is 55.9. The first-order chi connectivity index (χ1) is 24.8. The van der Waals surface area contributed by atoms with Crippen molar-refractivity contribution in [3.8, 4) is 11.3 Å². The van der Waals surface area contributed by atoms with Gasteiger partial charge in [0.15, 0.2) is 0 Å². The number of amides is 4. The van der Waals surface area contributed by atoms with Crippen molar-refractivity contribution < 1.29 is 33.8 Å². The number of hydrogen-bond donors (Lipinski definition) is 5. The minimum atomic E-state index is -1.14. The van der Waals surface area contributed by atoms with Crippen molar-refractivity contribution >= 4 is 24.0 Å². The number of nitrogens with one attached hydrogen (secondary N) is 4. The van der Waals surface area contributed by atoms with Crippen molar-refractivity contribution in [1.29, 1.82) is 0 Å². The van der Waals surface area contributed by atoms with Crippen LogP contribution in [0.5, 0.6) is 0 Å². The molecule has 0 unspecified atom stereocenters. The summed E-state index contributed by atoms with van der Waals surface area (Å²) >= 11 is 0. The van der Waals surface area contributed by atoms with Crippen LogP contribution in [0.4, 0.5) is 9.59 Å². The third kappa shape index (κ3) is 11.0. The molecule has 13 heteroatoms. The zero-order chi connectivity index (χ0) is 37.8. The van der Waals surface area contributed by atoms with Gasteiger partial charge in [0.1, 0.15) is 6.04 Å². The number of aliphatic hydroxyl groups is 1. The van der Waals surface area contributed by atoms with E-state index in [9.17, 15) is 24.3 Å². The fourth-order valence-corrected chi connectivity index (χ4v) is 6.43. The van der Waals surface area contributed by atoms with Crippen molar-refractivity contribution in [3.63, 3.8) is 0 Å². The maximum Gasteiger partial charge on any atom is 0.407 e. The van der Waals surface area contributed by atoms with E-state index in [-0.39, 0.29) is 31.0 Å². The zero-order valence-corrected chi connectivity index (χ0v) is 30.8. The van der Waals surface area contributed by atoms with Crippen molar-refractivity contribution in [1.82, 2.24) is 31.4 Å². The molecule has 1 heterocycles. The molecule has 13 nitrogen and oxygen atoms in total. The van der Waals surface area contributed by atoms with Crippen LogP contribution in [0.1, 0.15) is 51.7 Å². The molecule has 0 aliphatic heterocycles. The number of hydrogen-bond acceptors (Lipinski definition) is 9. The molecule has 2 aromatic carbocycles. The molecule has 0 spiro atoms. The van der Waals surface area contributed by atoms with E-state index in [1.165, 1.54) is 14.2 Å². The second kappa shape index (κ2) is 18.5. The Hall–Kier alpha value is -5.01. The van der Waals surface area contributed by atoms with E-state index in [2.05, 4.69) is 26.4 Å². The Morgan fingerprint density at radius 2 is 1.58 bits per heavy atom. The lowest BCUT2D eigenvalue weighted by Crippen LogP contribution is -2.64. The van der Waals surface area contributed by atoms with Gasteiger partial charge in [-0.2, -0.15) is 0 Å². The molecular formula is C39H52N6O7. The molecule has 0 saturated heterocycles. The summed E-state index contributed by atoms with van der Waals surface area (Å²) < 4.78 is 9.52. The second-order valence-corrected chi connectivity index (χ2v) is 14.3. The van der Waals surface area contributed by atoms with Crippen LogP contribution in [-0.4, -0.2) is 84.1 Å². The molecule has 1 aliphatic carbocycles. The summed E-state index contributed by atoms with van der Waals surface area (Å²) in [5.41, 5.74) is 5.87. The third-order valence-corrected chi connectivity index (χ3v) is 9.62. The number of hydrazine groups is 1. The first kappa shape index (κ1) is 39.8. The van der Waals surface area contributed by atoms with Crippen molar-refractivity contribution in [2.75, 3.05) is 20.8 Å². The molecule has 4 amide bonds. The lowest BCUT2D eigenvalue weighted by Gasteiger charge is -2.51. The number of rotatable bonds is 16. The molecule has 4 rings (SSSR count). The molecule has 5 atom stereocenters. The number of pyridine rings is 1. The SMILES string of the molecule is COC(=O)N[C@@H](CC(C)C)C(=O)NN(Cc1ccc(-c2ccccn2)cc1)C[C@H](O)[C@H](Cc1ccccc1)NC(=O)[C@@H]1C[C@H](NC(=O)OC)C1(C)C. The number of aromatic nitrogens is 1. The van der Waals surface area contributed by atoms with Crippen molar-refractivity contribution in [3.05, 3.63) is 90.1 Å². The van der Waals surface area contributed by atoms with Gasteiger partial charge < -0.3 is 30.5 Å². The first-order valence-electron chi connectivity index (χ1n) is 17.6. The molecule has 0 radical (unpaired) electrons. The van der Waals surface area contributed by atoms with Crippen LogP contribution in [0.15, 0.2) is 79.0 Å². The number of methoxy groups -OCH3 is 2. The Morgan fingerprint density at radius 3 is 2.17 bits per heavy atom. The highest BCUT2D eigenvalue weighted by atomic mass is 16.5. The van der Waals surface area contributed by atoms with Crippen LogP contribution in [0.3, 0.4) is 0 Å². The van der Waals surface area contributed by atoms with Crippen LogP contribution < -0.4 is 21.4 Å². The summed E-state index contributed by atoms with van der Waals surface area (Å²) in [6, 6.07) is 21.1. The molecule has 1 fully saturated rings. The average molecular weight is 717 g/mol. The van der Waals surface area contributed by atoms with E-state index in [1.807, 2.05) is 100 Å². The van der Waals surface area contributed by atoms with Gasteiger partial charge in [0.2, 0.25) is 5.91 Å². The Kier molecular flexibility index (Phi) is 14.1. The summed E-state index contributed by atoms with van der Waals surface area (Å²) in [7, 11) is 2.53. The standard InChI is InChI=1S/C39H52N6O7/c1-25(2)20-32(42-37(49)51-5)36(48)44-45(23-27-15-17-28(18-16-27)30-14-10-11-19-40-30)24-33(46)31(21-26-12-8-7-9-13-26)41-35(47)29-22-34(39(29,3)4)43-38(50)52-6/h7-19,25,29,31-34,46H,20-24H2,1-6H3,(H,41,47)(H,42,49)(H,43,50)(H,44,48)/t29-,31-,32-,33-,34-/m0/s1. The number of alkyl carbamates (subject to hydrolysis) is 2. The summed E-state index contributed by atoms with van der Waals surface area (Å²) in [6.07, 6.45) is 0.402. The largest absolute Gasteiger partial charge is 0.453 e. The predicted molar refractivity (Wildman–Crippen MR) is 196 cm³/mol. The van der Waals surface area contributed by atoms with Crippen LogP contribution in [0.25, 0.3) is 11.3 Å². The molecule has 52 heavy (non-hydrogen) atoms. The van der Waals surface area contributed by atoms with E-state index in [0.717, 1.165) is 22.4 Å². The predicted octanol–water partition coefficient (Wildman–Crippen LogP) is 4.21. The monoisotopic (exact) mass is 716 g/mol. The number of carbonyl (C=O) groups excluding carboxylic acids is 4. The van der Waals surface area contributed by atoms with Crippen LogP contribution >= 0.6 is 0 Å².